The first-order valence-electron chi connectivity index (χ1n) is 5.19. The van der Waals surface area contributed by atoms with Crippen LogP contribution >= 0.6 is 12.4 Å². The quantitative estimate of drug-likeness (QED) is 0.514. The Morgan fingerprint density at radius 2 is 1.28 bits per heavy atom. The van der Waals surface area contributed by atoms with Gasteiger partial charge in [-0.3, -0.25) is 0 Å². The molecule has 0 unspecified atom stereocenters. The topological polar surface area (TPSA) is 0 Å². The average Bonchev–Trinajstić information content (AvgIpc) is 2.80. The molecule has 0 saturated carbocycles. The maximum atomic E-state index is 2.32. The van der Waals surface area contributed by atoms with Crippen molar-refractivity contribution in [3.8, 4) is 0 Å². The Morgan fingerprint density at radius 3 is 1.50 bits per heavy atom. The molecular formula is C15H24ClSiZr-3. The number of hydrogen-bond acceptors (Lipinski definition) is 0. The second-order valence-corrected chi connectivity index (χ2v) is 3.89. The minimum atomic E-state index is 0. The molecule has 0 nitrogen and oxygen atoms in total. The molecule has 0 radical (unpaired) electrons. The van der Waals surface area contributed by atoms with Gasteiger partial charge in [-0.05, 0) is 12.8 Å². The van der Waals surface area contributed by atoms with Crippen molar-refractivity contribution in [3.05, 3.63) is 67.9 Å². The zero-order valence-electron chi connectivity index (χ0n) is 11.9. The Kier molecular flexibility index (Phi) is 15.9. The van der Waals surface area contributed by atoms with Gasteiger partial charge in [0.2, 0.25) is 0 Å². The van der Waals surface area contributed by atoms with E-state index < -0.39 is 0 Å². The van der Waals surface area contributed by atoms with Crippen LogP contribution in [-0.4, -0.2) is 6.88 Å². The van der Waals surface area contributed by atoms with Crippen LogP contribution < -0.4 is 0 Å². The average molecular weight is 359 g/mol. The second-order valence-electron chi connectivity index (χ2n) is 3.89. The molecule has 3 heteroatoms. The Labute approximate surface area is 136 Å². The van der Waals surface area contributed by atoms with Crippen molar-refractivity contribution in [2.24, 2.45) is 0 Å². The summed E-state index contributed by atoms with van der Waals surface area (Å²) in [6.07, 6.45) is 13.6. The molecule has 2 rings (SSSR count). The van der Waals surface area contributed by atoms with Crippen LogP contribution in [0.2, 0.25) is 0 Å². The molecule has 2 aliphatic carbocycles. The van der Waals surface area contributed by atoms with Gasteiger partial charge in [0.05, 0.1) is 0 Å². The van der Waals surface area contributed by atoms with Gasteiger partial charge in [-0.1, -0.05) is 26.0 Å². The zero-order chi connectivity index (χ0) is 11.3. The van der Waals surface area contributed by atoms with Gasteiger partial charge in [0, 0.05) is 0 Å². The molecule has 0 aliphatic heterocycles. The molecular weight excluding hydrogens is 335 g/mol. The fraction of sp³-hybridized carbons (Fsp3) is 0.267. The molecule has 0 atom stereocenters. The Morgan fingerprint density at radius 1 is 0.944 bits per heavy atom. The monoisotopic (exact) mass is 357 g/mol. The molecule has 18 heavy (non-hydrogen) atoms. The van der Waals surface area contributed by atoms with Crippen LogP contribution in [0.5, 0.6) is 0 Å². The van der Waals surface area contributed by atoms with Crippen LogP contribution in [-0.2, 0) is 23.3 Å². The van der Waals surface area contributed by atoms with Crippen molar-refractivity contribution >= 4 is 19.3 Å². The van der Waals surface area contributed by atoms with E-state index in [1.54, 1.807) is 23.3 Å². The Hall–Kier alpha value is 0.220. The van der Waals surface area contributed by atoms with Gasteiger partial charge < -0.3 is 14.9 Å². The summed E-state index contributed by atoms with van der Waals surface area (Å²) >= 11 is 1.58. The molecule has 0 bridgehead atoms. The van der Waals surface area contributed by atoms with Gasteiger partial charge in [-0.25, -0.2) is 0 Å². The molecule has 0 aromatic heterocycles. The van der Waals surface area contributed by atoms with Gasteiger partial charge >= 0.3 is 30.2 Å². The van der Waals surface area contributed by atoms with Crippen LogP contribution in [0.4, 0.5) is 0 Å². The fourth-order valence-corrected chi connectivity index (χ4v) is 1.82. The number of allylic oxidation sites excluding steroid dienone is 8. The third-order valence-corrected chi connectivity index (χ3v) is 2.52. The van der Waals surface area contributed by atoms with Crippen LogP contribution in [0, 0.1) is 21.3 Å². The standard InChI is InChI=1S/C13H15.2CH3.ClH.H2Si.Zr/c1-10-3-5-12(7-10)9-13-6-4-11(2)8-13;;;;;/h3-4,7-9H,5-6H2,1-2H3;2*1H3;1H;1H2;/q3*-1;;;. The van der Waals surface area contributed by atoms with Crippen molar-refractivity contribution < 1.29 is 23.3 Å². The third kappa shape index (κ3) is 7.61. The first-order valence-corrected chi connectivity index (χ1v) is 11.1. The molecule has 102 valence electrons. The van der Waals surface area contributed by atoms with Crippen molar-refractivity contribution in [3.63, 3.8) is 0 Å². The first-order chi connectivity index (χ1) is 7.24. The third-order valence-electron chi connectivity index (χ3n) is 2.52. The predicted molar refractivity (Wildman–Crippen MR) is 85.8 cm³/mol. The van der Waals surface area contributed by atoms with Crippen molar-refractivity contribution in [2.75, 3.05) is 0 Å². The van der Waals surface area contributed by atoms with Crippen molar-refractivity contribution in [1.29, 1.82) is 0 Å². The van der Waals surface area contributed by atoms with Crippen molar-refractivity contribution in [2.45, 2.75) is 26.7 Å². The molecule has 2 aliphatic rings. The molecule has 0 amide bonds. The van der Waals surface area contributed by atoms with E-state index in [1.165, 1.54) is 22.3 Å². The van der Waals surface area contributed by atoms with E-state index in [4.69, 9.17) is 0 Å². The van der Waals surface area contributed by atoms with Crippen molar-refractivity contribution in [1.82, 2.24) is 0 Å². The SMILES string of the molecule is CC1=CCC([CH-]C2=CC(C)=CC2)=C1.Cl.[CH3-].[CH3-].[SiH2]=[Zr]. The number of rotatable bonds is 2. The predicted octanol–water partition coefficient (Wildman–Crippen LogP) is 4.15. The summed E-state index contributed by atoms with van der Waals surface area (Å²) in [7, 11) is 0. The van der Waals surface area contributed by atoms with E-state index in [0.717, 1.165) is 12.8 Å². The van der Waals surface area contributed by atoms with Crippen LogP contribution in [0.25, 0.3) is 0 Å². The molecule has 0 saturated heterocycles. The molecule has 0 aromatic rings. The zero-order valence-corrected chi connectivity index (χ0v) is 16.6. The summed E-state index contributed by atoms with van der Waals surface area (Å²) in [5.41, 5.74) is 5.70. The molecule has 0 fully saturated rings. The van der Waals surface area contributed by atoms with Gasteiger partial charge in [0.1, 0.15) is 0 Å². The summed E-state index contributed by atoms with van der Waals surface area (Å²) in [6.45, 7) is 6.27. The fourth-order valence-electron chi connectivity index (χ4n) is 1.82. The van der Waals surface area contributed by atoms with E-state index in [2.05, 4.69) is 44.6 Å². The number of halogens is 1. The van der Waals surface area contributed by atoms with E-state index in [1.807, 2.05) is 6.88 Å². The maximum absolute atomic E-state index is 2.32. The summed E-state index contributed by atoms with van der Waals surface area (Å²) in [6, 6.07) is 0. The van der Waals surface area contributed by atoms with E-state index >= 15 is 0 Å². The molecule has 0 spiro atoms. The van der Waals surface area contributed by atoms with E-state index in [9.17, 15) is 0 Å². The van der Waals surface area contributed by atoms with Gasteiger partial charge in [0.25, 0.3) is 0 Å². The summed E-state index contributed by atoms with van der Waals surface area (Å²) in [5.74, 6) is 0. The summed E-state index contributed by atoms with van der Waals surface area (Å²) < 4.78 is 0. The van der Waals surface area contributed by atoms with Gasteiger partial charge in [-0.2, -0.15) is 29.7 Å². The van der Waals surface area contributed by atoms with E-state index in [-0.39, 0.29) is 27.3 Å². The minimum absolute atomic E-state index is 0. The van der Waals surface area contributed by atoms with Crippen LogP contribution in [0.15, 0.2) is 46.6 Å². The Balaban J connectivity index is -0.000000429. The molecule has 0 heterocycles. The normalized spacial score (nSPS) is 15.2. The number of hydrogen-bond donors (Lipinski definition) is 0. The van der Waals surface area contributed by atoms with Crippen LogP contribution in [0.1, 0.15) is 26.7 Å². The first kappa shape index (κ1) is 23.3. The molecule has 0 aromatic carbocycles. The van der Waals surface area contributed by atoms with Crippen LogP contribution in [0.3, 0.4) is 0 Å². The molecule has 0 N–H and O–H groups in total. The summed E-state index contributed by atoms with van der Waals surface area (Å²) in [4.78, 5) is 0. The van der Waals surface area contributed by atoms with Gasteiger partial charge in [0.15, 0.2) is 0 Å². The van der Waals surface area contributed by atoms with Gasteiger partial charge in [-0.15, -0.1) is 23.6 Å². The summed E-state index contributed by atoms with van der Waals surface area (Å²) in [5, 5.41) is 0. The van der Waals surface area contributed by atoms with E-state index in [0.29, 0.717) is 0 Å². The second kappa shape index (κ2) is 12.3. The Bertz CT molecular complexity index is 331.